The Labute approximate surface area is 105 Å². The topological polar surface area (TPSA) is 61.8 Å². The van der Waals surface area contributed by atoms with Gasteiger partial charge in [0.1, 0.15) is 5.76 Å². The van der Waals surface area contributed by atoms with Gasteiger partial charge in [-0.05, 0) is 0 Å². The van der Waals surface area contributed by atoms with Gasteiger partial charge >= 0.3 is 11.9 Å². The van der Waals surface area contributed by atoms with Gasteiger partial charge in [-0.15, -0.1) is 0 Å². The fraction of sp³-hybridized carbons (Fsp3) is 0.231. The Bertz CT molecular complexity index is 444. The molecule has 18 heavy (non-hydrogen) atoms. The van der Waals surface area contributed by atoms with Crippen LogP contribution in [0.15, 0.2) is 35.9 Å². The summed E-state index contributed by atoms with van der Waals surface area (Å²) in [5.74, 6) is -1.49. The molecule has 5 nitrogen and oxygen atoms in total. The molecule has 1 aromatic carbocycles. The fourth-order valence-electron chi connectivity index (χ4n) is 1.43. The maximum absolute atomic E-state index is 11.6. The quantitative estimate of drug-likeness (QED) is 0.266. The lowest BCUT2D eigenvalue weighted by atomic mass is 10.1. The lowest BCUT2D eigenvalue weighted by molar-refractivity contribution is -0.144. The predicted octanol–water partition coefficient (Wildman–Crippen LogP) is 1.39. The Hall–Kier alpha value is -2.30. The molecule has 0 saturated heterocycles. The molecule has 1 aromatic rings. The van der Waals surface area contributed by atoms with Crippen LogP contribution in [0.25, 0.3) is 5.76 Å². The molecule has 0 aliphatic rings. The van der Waals surface area contributed by atoms with Crippen LogP contribution in [-0.2, 0) is 23.8 Å². The SMILES string of the molecule is COC(=O)C(C(=O)OC)=C(OC)c1ccccc1. The first-order chi connectivity index (χ1) is 8.65. The first kappa shape index (κ1) is 13.8. The first-order valence-electron chi connectivity index (χ1n) is 5.16. The second kappa shape index (κ2) is 6.44. The molecule has 0 aliphatic carbocycles. The fourth-order valence-corrected chi connectivity index (χ4v) is 1.43. The molecular formula is C13H14O5. The normalized spacial score (nSPS) is 9.28. The van der Waals surface area contributed by atoms with E-state index in [1.165, 1.54) is 21.3 Å². The van der Waals surface area contributed by atoms with E-state index in [2.05, 4.69) is 9.47 Å². The largest absolute Gasteiger partial charge is 0.495 e. The molecule has 5 heteroatoms. The van der Waals surface area contributed by atoms with Crippen LogP contribution < -0.4 is 0 Å². The van der Waals surface area contributed by atoms with Crippen LogP contribution in [0.4, 0.5) is 0 Å². The molecule has 1 rings (SSSR count). The summed E-state index contributed by atoms with van der Waals surface area (Å²) in [5.41, 5.74) is 0.319. The Kier molecular flexibility index (Phi) is 4.92. The lowest BCUT2D eigenvalue weighted by Crippen LogP contribution is -2.18. The molecule has 0 amide bonds. The van der Waals surface area contributed by atoms with E-state index in [0.29, 0.717) is 5.56 Å². The predicted molar refractivity (Wildman–Crippen MR) is 64.4 cm³/mol. The van der Waals surface area contributed by atoms with Crippen molar-refractivity contribution in [2.45, 2.75) is 0 Å². The summed E-state index contributed by atoms with van der Waals surface area (Å²) < 4.78 is 14.2. The smallest absolute Gasteiger partial charge is 0.349 e. The van der Waals surface area contributed by atoms with Crippen LogP contribution in [0.2, 0.25) is 0 Å². The third-order valence-corrected chi connectivity index (χ3v) is 2.25. The number of carbonyl (C=O) groups is 2. The van der Waals surface area contributed by atoms with Gasteiger partial charge in [0.15, 0.2) is 5.57 Å². The maximum atomic E-state index is 11.6. The lowest BCUT2D eigenvalue weighted by Gasteiger charge is -2.11. The van der Waals surface area contributed by atoms with Crippen molar-refractivity contribution in [3.05, 3.63) is 41.5 Å². The van der Waals surface area contributed by atoms with Crippen LogP contribution in [0, 0.1) is 0 Å². The van der Waals surface area contributed by atoms with Crippen molar-refractivity contribution in [1.82, 2.24) is 0 Å². The second-order valence-electron chi connectivity index (χ2n) is 3.26. The molecule has 96 valence electrons. The molecule has 0 bridgehead atoms. The molecule has 0 aromatic heterocycles. The second-order valence-corrected chi connectivity index (χ2v) is 3.26. The zero-order valence-electron chi connectivity index (χ0n) is 10.4. The molecule has 0 spiro atoms. The van der Waals surface area contributed by atoms with Crippen LogP contribution in [0.5, 0.6) is 0 Å². The van der Waals surface area contributed by atoms with Gasteiger partial charge in [0.25, 0.3) is 0 Å². The number of hydrogen-bond donors (Lipinski definition) is 0. The first-order valence-corrected chi connectivity index (χ1v) is 5.16. The summed E-state index contributed by atoms with van der Waals surface area (Å²) in [6.45, 7) is 0. The van der Waals surface area contributed by atoms with E-state index >= 15 is 0 Å². The van der Waals surface area contributed by atoms with E-state index in [0.717, 1.165) is 0 Å². The third-order valence-electron chi connectivity index (χ3n) is 2.25. The average Bonchev–Trinajstić information content (AvgIpc) is 2.44. The Balaban J connectivity index is 3.39. The zero-order valence-corrected chi connectivity index (χ0v) is 10.4. The van der Waals surface area contributed by atoms with Crippen molar-refractivity contribution in [3.63, 3.8) is 0 Å². The maximum Gasteiger partial charge on any atom is 0.349 e. The van der Waals surface area contributed by atoms with E-state index in [-0.39, 0.29) is 11.3 Å². The van der Waals surface area contributed by atoms with Crippen LogP contribution in [-0.4, -0.2) is 33.3 Å². The van der Waals surface area contributed by atoms with Crippen molar-refractivity contribution in [1.29, 1.82) is 0 Å². The highest BCUT2D eigenvalue weighted by molar-refractivity contribution is 6.19. The average molecular weight is 250 g/mol. The van der Waals surface area contributed by atoms with Crippen LogP contribution >= 0.6 is 0 Å². The van der Waals surface area contributed by atoms with Crippen LogP contribution in [0.3, 0.4) is 0 Å². The van der Waals surface area contributed by atoms with Gasteiger partial charge in [-0.2, -0.15) is 0 Å². The highest BCUT2D eigenvalue weighted by atomic mass is 16.5. The van der Waals surface area contributed by atoms with Crippen molar-refractivity contribution in [3.8, 4) is 0 Å². The number of benzene rings is 1. The van der Waals surface area contributed by atoms with Crippen molar-refractivity contribution in [2.75, 3.05) is 21.3 Å². The summed E-state index contributed by atoms with van der Waals surface area (Å²) in [6.07, 6.45) is 0. The minimum absolute atomic E-state index is 0.120. The monoisotopic (exact) mass is 250 g/mol. The third kappa shape index (κ3) is 2.88. The number of esters is 2. The Morgan fingerprint density at radius 1 is 0.833 bits per heavy atom. The Morgan fingerprint density at radius 3 is 1.72 bits per heavy atom. The highest BCUT2D eigenvalue weighted by Crippen LogP contribution is 2.21. The summed E-state index contributed by atoms with van der Waals surface area (Å²) in [7, 11) is 3.74. The minimum Gasteiger partial charge on any atom is -0.495 e. The van der Waals surface area contributed by atoms with Crippen molar-refractivity contribution >= 4 is 17.7 Å². The molecule has 0 aliphatic heterocycles. The van der Waals surface area contributed by atoms with Gasteiger partial charge in [0.05, 0.1) is 21.3 Å². The van der Waals surface area contributed by atoms with Crippen molar-refractivity contribution < 1.29 is 23.8 Å². The number of hydrogen-bond acceptors (Lipinski definition) is 5. The minimum atomic E-state index is -0.803. The van der Waals surface area contributed by atoms with Gasteiger partial charge < -0.3 is 14.2 Å². The summed E-state index contributed by atoms with van der Waals surface area (Å²) >= 11 is 0. The molecule has 0 fully saturated rings. The van der Waals surface area contributed by atoms with E-state index in [9.17, 15) is 9.59 Å². The summed E-state index contributed by atoms with van der Waals surface area (Å²) in [4.78, 5) is 23.3. The van der Waals surface area contributed by atoms with Gasteiger partial charge in [-0.1, -0.05) is 30.3 Å². The molecule has 0 radical (unpaired) electrons. The van der Waals surface area contributed by atoms with Crippen LogP contribution in [0.1, 0.15) is 5.56 Å². The van der Waals surface area contributed by atoms with Gasteiger partial charge in [0, 0.05) is 5.56 Å². The standard InChI is InChI=1S/C13H14O5/c1-16-11(9-7-5-4-6-8-9)10(12(14)17-2)13(15)18-3/h4-8H,1-3H3. The summed E-state index contributed by atoms with van der Waals surface area (Å²) in [5, 5.41) is 0. The molecule has 0 unspecified atom stereocenters. The number of ether oxygens (including phenoxy) is 3. The van der Waals surface area contributed by atoms with E-state index in [1.54, 1.807) is 24.3 Å². The van der Waals surface area contributed by atoms with E-state index < -0.39 is 11.9 Å². The van der Waals surface area contributed by atoms with Crippen molar-refractivity contribution in [2.24, 2.45) is 0 Å². The number of methoxy groups -OCH3 is 3. The molecular weight excluding hydrogens is 236 g/mol. The van der Waals surface area contributed by atoms with Gasteiger partial charge in [0.2, 0.25) is 0 Å². The number of carbonyl (C=O) groups excluding carboxylic acids is 2. The summed E-state index contributed by atoms with van der Waals surface area (Å²) in [6, 6.07) is 8.77. The molecule has 0 saturated carbocycles. The van der Waals surface area contributed by atoms with E-state index in [4.69, 9.17) is 4.74 Å². The Morgan fingerprint density at radius 2 is 1.33 bits per heavy atom. The zero-order chi connectivity index (χ0) is 13.5. The molecule has 0 heterocycles. The highest BCUT2D eigenvalue weighted by Gasteiger charge is 2.26. The number of rotatable bonds is 4. The molecule has 0 atom stereocenters. The molecule has 0 N–H and O–H groups in total. The van der Waals surface area contributed by atoms with Gasteiger partial charge in [-0.25, -0.2) is 9.59 Å². The van der Waals surface area contributed by atoms with E-state index in [1.807, 2.05) is 6.07 Å². The van der Waals surface area contributed by atoms with Gasteiger partial charge in [-0.3, -0.25) is 0 Å².